The average molecular weight is 368 g/mol. The Kier molecular flexibility index (Phi) is 7.65. The monoisotopic (exact) mass is 368 g/mol. The molecule has 0 aliphatic rings. The molecular formula is C21H26N3O3+. The van der Waals surface area contributed by atoms with E-state index in [4.69, 9.17) is 9.47 Å². The van der Waals surface area contributed by atoms with E-state index in [2.05, 4.69) is 11.4 Å². The Labute approximate surface area is 160 Å². The molecule has 2 N–H and O–H groups in total. The number of nitrogens with zero attached hydrogens (tertiary/aromatic N) is 1. The number of nitrogens with one attached hydrogen (secondary N) is 2. The summed E-state index contributed by atoms with van der Waals surface area (Å²) in [7, 11) is 1.93. The summed E-state index contributed by atoms with van der Waals surface area (Å²) < 4.78 is 11.1. The highest BCUT2D eigenvalue weighted by atomic mass is 16.5. The average Bonchev–Trinajstić information content (AvgIpc) is 2.64. The molecule has 142 valence electrons. The highest BCUT2D eigenvalue weighted by Crippen LogP contribution is 2.30. The van der Waals surface area contributed by atoms with Crippen molar-refractivity contribution in [3.8, 4) is 17.6 Å². The van der Waals surface area contributed by atoms with E-state index in [-0.39, 0.29) is 12.5 Å². The van der Waals surface area contributed by atoms with Crippen LogP contribution in [-0.4, -0.2) is 32.7 Å². The maximum absolute atomic E-state index is 12.4. The number of ether oxygens (including phenoxy) is 2. The van der Waals surface area contributed by atoms with Gasteiger partial charge in [0.25, 0.3) is 5.91 Å². The first-order valence-electron chi connectivity index (χ1n) is 9.06. The molecule has 6 nitrogen and oxygen atoms in total. The number of carbonyl (C=O) groups is 1. The summed E-state index contributed by atoms with van der Waals surface area (Å²) in [5, 5.41) is 12.1. The topological polar surface area (TPSA) is 75.8 Å². The second kappa shape index (κ2) is 10.2. The van der Waals surface area contributed by atoms with E-state index >= 15 is 0 Å². The van der Waals surface area contributed by atoms with Crippen molar-refractivity contribution in [2.45, 2.75) is 20.4 Å². The van der Waals surface area contributed by atoms with E-state index in [1.54, 1.807) is 24.3 Å². The zero-order valence-corrected chi connectivity index (χ0v) is 16.0. The van der Waals surface area contributed by atoms with Crippen LogP contribution in [0.1, 0.15) is 25.0 Å². The zero-order chi connectivity index (χ0) is 19.6. The van der Waals surface area contributed by atoms with Gasteiger partial charge in [-0.1, -0.05) is 18.2 Å². The molecular weight excluding hydrogens is 342 g/mol. The predicted molar refractivity (Wildman–Crippen MR) is 104 cm³/mol. The Morgan fingerprint density at radius 2 is 1.81 bits per heavy atom. The van der Waals surface area contributed by atoms with Crippen LogP contribution in [0.2, 0.25) is 0 Å². The minimum absolute atomic E-state index is 0.103. The molecule has 0 aliphatic heterocycles. The van der Waals surface area contributed by atoms with Gasteiger partial charge in [0, 0.05) is 17.3 Å². The minimum atomic E-state index is -0.103. The summed E-state index contributed by atoms with van der Waals surface area (Å²) in [6.07, 6.45) is 0. The Bertz CT molecular complexity index is 815. The van der Waals surface area contributed by atoms with E-state index in [0.717, 1.165) is 10.5 Å². The van der Waals surface area contributed by atoms with Crippen LogP contribution in [0.4, 0.5) is 5.69 Å². The Morgan fingerprint density at radius 3 is 2.52 bits per heavy atom. The molecule has 2 aromatic carbocycles. The fraction of sp³-hybridized carbons (Fsp3) is 0.333. The van der Waals surface area contributed by atoms with E-state index < -0.39 is 0 Å². The van der Waals surface area contributed by atoms with Gasteiger partial charge in [0.1, 0.15) is 6.54 Å². The Balaban J connectivity index is 1.98. The number of amides is 1. The van der Waals surface area contributed by atoms with Crippen LogP contribution >= 0.6 is 0 Å². The largest absolute Gasteiger partial charge is 0.490 e. The normalized spacial score (nSPS) is 11.3. The number of quaternary nitrogens is 1. The van der Waals surface area contributed by atoms with Gasteiger partial charge in [-0.2, -0.15) is 5.26 Å². The number of rotatable bonds is 9. The standard InChI is InChI=1S/C21H25N3O3/c1-4-26-19-11-10-18(12-20(19)27-5-2)23-21(25)15-24(3)14-17-9-7-6-8-16(17)13-22/h6-12H,4-5,14-15H2,1-3H3,(H,23,25)/p+1. The second-order valence-corrected chi connectivity index (χ2v) is 6.16. The quantitative estimate of drug-likeness (QED) is 0.710. The first kappa shape index (κ1) is 20.3. The van der Waals surface area contributed by atoms with Crippen molar-refractivity contribution < 1.29 is 19.2 Å². The van der Waals surface area contributed by atoms with Crippen LogP contribution in [0.3, 0.4) is 0 Å². The minimum Gasteiger partial charge on any atom is -0.490 e. The molecule has 2 rings (SSSR count). The van der Waals surface area contributed by atoms with Crippen molar-refractivity contribution in [2.75, 3.05) is 32.1 Å². The number of anilines is 1. The third kappa shape index (κ3) is 6.01. The molecule has 1 amide bonds. The molecule has 1 unspecified atom stereocenters. The van der Waals surface area contributed by atoms with Gasteiger partial charge in [-0.25, -0.2) is 0 Å². The fourth-order valence-corrected chi connectivity index (χ4v) is 2.78. The van der Waals surface area contributed by atoms with Crippen LogP contribution in [0.15, 0.2) is 42.5 Å². The van der Waals surface area contributed by atoms with Crippen molar-refractivity contribution in [2.24, 2.45) is 0 Å². The van der Waals surface area contributed by atoms with Gasteiger partial charge in [-0.3, -0.25) is 4.79 Å². The van der Waals surface area contributed by atoms with Crippen LogP contribution in [0, 0.1) is 11.3 Å². The van der Waals surface area contributed by atoms with Crippen molar-refractivity contribution >= 4 is 11.6 Å². The zero-order valence-electron chi connectivity index (χ0n) is 16.0. The van der Waals surface area contributed by atoms with Crippen molar-refractivity contribution in [1.82, 2.24) is 0 Å². The van der Waals surface area contributed by atoms with Crippen molar-refractivity contribution in [3.63, 3.8) is 0 Å². The number of carbonyl (C=O) groups excluding carboxylic acids is 1. The lowest BCUT2D eigenvalue weighted by Gasteiger charge is -2.16. The van der Waals surface area contributed by atoms with Gasteiger partial charge in [0.2, 0.25) is 0 Å². The SMILES string of the molecule is CCOc1ccc(NC(=O)C[NH+](C)Cc2ccccc2C#N)cc1OCC. The predicted octanol–water partition coefficient (Wildman–Crippen LogP) is 2.01. The van der Waals surface area contributed by atoms with Crippen molar-refractivity contribution in [3.05, 3.63) is 53.6 Å². The molecule has 2 aromatic rings. The Morgan fingerprint density at radius 1 is 1.11 bits per heavy atom. The van der Waals surface area contributed by atoms with Crippen molar-refractivity contribution in [1.29, 1.82) is 5.26 Å². The third-order valence-corrected chi connectivity index (χ3v) is 3.92. The maximum Gasteiger partial charge on any atom is 0.279 e. The molecule has 0 spiro atoms. The summed E-state index contributed by atoms with van der Waals surface area (Å²) in [5.41, 5.74) is 2.24. The van der Waals surface area contributed by atoms with Gasteiger partial charge in [0.05, 0.1) is 31.9 Å². The van der Waals surface area contributed by atoms with Crippen LogP contribution < -0.4 is 19.7 Å². The van der Waals surface area contributed by atoms with E-state index in [0.29, 0.717) is 42.5 Å². The summed E-state index contributed by atoms with van der Waals surface area (Å²) in [6.45, 7) is 5.77. The number of nitriles is 1. The lowest BCUT2D eigenvalue weighted by atomic mass is 10.1. The summed E-state index contributed by atoms with van der Waals surface area (Å²) >= 11 is 0. The first-order chi connectivity index (χ1) is 13.1. The summed E-state index contributed by atoms with van der Waals surface area (Å²) in [6, 6.07) is 15.0. The van der Waals surface area contributed by atoms with Gasteiger partial charge in [0.15, 0.2) is 18.0 Å². The van der Waals surface area contributed by atoms with Gasteiger partial charge in [-0.15, -0.1) is 0 Å². The fourth-order valence-electron chi connectivity index (χ4n) is 2.78. The lowest BCUT2D eigenvalue weighted by molar-refractivity contribution is -0.885. The molecule has 0 bridgehead atoms. The maximum atomic E-state index is 12.4. The molecule has 6 heteroatoms. The number of hydrogen-bond acceptors (Lipinski definition) is 4. The van der Waals surface area contributed by atoms with Gasteiger partial charge >= 0.3 is 0 Å². The third-order valence-electron chi connectivity index (χ3n) is 3.92. The smallest absolute Gasteiger partial charge is 0.279 e. The number of benzene rings is 2. The number of likely N-dealkylation sites (N-methyl/N-ethyl adjacent to an activating group) is 1. The summed E-state index contributed by atoms with van der Waals surface area (Å²) in [4.78, 5) is 13.4. The molecule has 0 aromatic heterocycles. The van der Waals surface area contributed by atoms with Crippen LogP contribution in [0.5, 0.6) is 11.5 Å². The second-order valence-electron chi connectivity index (χ2n) is 6.16. The molecule has 0 saturated heterocycles. The molecule has 0 radical (unpaired) electrons. The molecule has 0 aliphatic carbocycles. The molecule has 0 fully saturated rings. The first-order valence-corrected chi connectivity index (χ1v) is 9.06. The van der Waals surface area contributed by atoms with Crippen LogP contribution in [0.25, 0.3) is 0 Å². The van der Waals surface area contributed by atoms with E-state index in [9.17, 15) is 10.1 Å². The lowest BCUT2D eigenvalue weighted by Crippen LogP contribution is -3.08. The molecule has 1 atom stereocenters. The van der Waals surface area contributed by atoms with E-state index in [1.807, 2.05) is 39.1 Å². The highest BCUT2D eigenvalue weighted by molar-refractivity contribution is 5.91. The number of hydrogen-bond donors (Lipinski definition) is 2. The highest BCUT2D eigenvalue weighted by Gasteiger charge is 2.14. The van der Waals surface area contributed by atoms with Gasteiger partial charge < -0.3 is 19.7 Å². The van der Waals surface area contributed by atoms with Gasteiger partial charge in [-0.05, 0) is 32.0 Å². The molecule has 0 heterocycles. The van der Waals surface area contributed by atoms with E-state index in [1.165, 1.54) is 0 Å². The molecule has 27 heavy (non-hydrogen) atoms. The summed E-state index contributed by atoms with van der Waals surface area (Å²) in [5.74, 6) is 1.17. The Hall–Kier alpha value is -3.04. The van der Waals surface area contributed by atoms with Crippen LogP contribution in [-0.2, 0) is 11.3 Å². The molecule has 0 saturated carbocycles.